The molecule has 1 fully saturated rings. The summed E-state index contributed by atoms with van der Waals surface area (Å²) in [7, 11) is 0. The normalized spacial score (nSPS) is 15.0. The van der Waals surface area contributed by atoms with Gasteiger partial charge in [-0.05, 0) is 32.0 Å². The van der Waals surface area contributed by atoms with E-state index < -0.39 is 0 Å². The van der Waals surface area contributed by atoms with Crippen LogP contribution >= 0.6 is 12.4 Å². The van der Waals surface area contributed by atoms with Crippen LogP contribution in [0.4, 0.5) is 4.39 Å². The number of hydrogen-bond donors (Lipinski definition) is 1. The van der Waals surface area contributed by atoms with Gasteiger partial charge in [0.15, 0.2) is 0 Å². The fourth-order valence-electron chi connectivity index (χ4n) is 2.71. The molecule has 0 spiro atoms. The Morgan fingerprint density at radius 1 is 1.26 bits per heavy atom. The van der Waals surface area contributed by atoms with E-state index in [-0.39, 0.29) is 24.1 Å². The van der Waals surface area contributed by atoms with Crippen molar-refractivity contribution in [2.24, 2.45) is 0 Å². The van der Waals surface area contributed by atoms with Gasteiger partial charge in [-0.2, -0.15) is 5.10 Å². The lowest BCUT2D eigenvalue weighted by molar-refractivity contribution is 0.0765. The van der Waals surface area contributed by atoms with Crippen LogP contribution in [-0.4, -0.2) is 46.8 Å². The number of carbonyl (C=O) groups excluding carboxylic acids is 1. The molecule has 1 N–H and O–H groups in total. The summed E-state index contributed by atoms with van der Waals surface area (Å²) >= 11 is 0. The van der Waals surface area contributed by atoms with Crippen molar-refractivity contribution in [2.45, 2.75) is 13.3 Å². The number of nitrogens with one attached hydrogen (secondary N) is 1. The Morgan fingerprint density at radius 3 is 2.83 bits per heavy atom. The number of aromatic nitrogens is 2. The fourth-order valence-corrected chi connectivity index (χ4v) is 2.71. The Bertz CT molecular complexity index is 680. The first kappa shape index (κ1) is 17.4. The van der Waals surface area contributed by atoms with Crippen molar-refractivity contribution >= 4 is 18.3 Å². The smallest absolute Gasteiger partial charge is 0.257 e. The zero-order valence-electron chi connectivity index (χ0n) is 13.0. The summed E-state index contributed by atoms with van der Waals surface area (Å²) in [4.78, 5) is 14.5. The van der Waals surface area contributed by atoms with E-state index in [2.05, 4.69) is 10.4 Å². The van der Waals surface area contributed by atoms with Crippen LogP contribution < -0.4 is 5.32 Å². The van der Waals surface area contributed by atoms with Gasteiger partial charge in [0.25, 0.3) is 5.91 Å². The Balaban J connectivity index is 0.00000192. The fraction of sp³-hybridized carbons (Fsp3) is 0.375. The lowest BCUT2D eigenvalue weighted by Crippen LogP contribution is -2.34. The molecule has 2 aromatic rings. The summed E-state index contributed by atoms with van der Waals surface area (Å²) in [6.07, 6.45) is 2.47. The minimum absolute atomic E-state index is 0. The molecule has 1 saturated heterocycles. The SMILES string of the molecule is Cc1c(C(=O)N2CCCNCC2)cnn1-c1ccccc1F.Cl. The third-order valence-corrected chi connectivity index (χ3v) is 3.95. The van der Waals surface area contributed by atoms with Crippen molar-refractivity contribution in [1.82, 2.24) is 20.0 Å². The van der Waals surface area contributed by atoms with Gasteiger partial charge >= 0.3 is 0 Å². The molecule has 0 bridgehead atoms. The van der Waals surface area contributed by atoms with Gasteiger partial charge < -0.3 is 10.2 Å². The Kier molecular flexibility index (Phi) is 5.74. The predicted octanol–water partition coefficient (Wildman–Crippen LogP) is 2.18. The molecule has 0 radical (unpaired) electrons. The zero-order valence-corrected chi connectivity index (χ0v) is 13.8. The summed E-state index contributed by atoms with van der Waals surface area (Å²) in [5, 5.41) is 7.47. The molecule has 1 aromatic heterocycles. The van der Waals surface area contributed by atoms with Crippen LogP contribution in [0.2, 0.25) is 0 Å². The number of hydrogen-bond acceptors (Lipinski definition) is 3. The quantitative estimate of drug-likeness (QED) is 0.913. The summed E-state index contributed by atoms with van der Waals surface area (Å²) in [5.74, 6) is -0.393. The van der Waals surface area contributed by atoms with E-state index in [1.165, 1.54) is 16.9 Å². The van der Waals surface area contributed by atoms with Gasteiger partial charge in [0.1, 0.15) is 11.5 Å². The average Bonchev–Trinajstić information content (AvgIpc) is 2.75. The molecule has 23 heavy (non-hydrogen) atoms. The van der Waals surface area contributed by atoms with E-state index in [4.69, 9.17) is 0 Å². The third kappa shape index (κ3) is 3.54. The lowest BCUT2D eigenvalue weighted by atomic mass is 10.2. The molecule has 124 valence electrons. The molecule has 1 amide bonds. The Morgan fingerprint density at radius 2 is 2.04 bits per heavy atom. The summed E-state index contributed by atoms with van der Waals surface area (Å²) in [6.45, 7) is 4.94. The van der Waals surface area contributed by atoms with Gasteiger partial charge in [0.05, 0.1) is 17.5 Å². The minimum Gasteiger partial charge on any atom is -0.337 e. The first-order valence-corrected chi connectivity index (χ1v) is 7.48. The Labute approximate surface area is 140 Å². The van der Waals surface area contributed by atoms with Crippen LogP contribution in [0.1, 0.15) is 22.5 Å². The van der Waals surface area contributed by atoms with Crippen LogP contribution in [0.25, 0.3) is 5.69 Å². The van der Waals surface area contributed by atoms with Crippen LogP contribution in [0.3, 0.4) is 0 Å². The van der Waals surface area contributed by atoms with Gasteiger partial charge in [-0.1, -0.05) is 12.1 Å². The maximum absolute atomic E-state index is 13.9. The molecule has 7 heteroatoms. The van der Waals surface area contributed by atoms with Gasteiger partial charge in [-0.25, -0.2) is 9.07 Å². The third-order valence-electron chi connectivity index (χ3n) is 3.95. The molecule has 0 unspecified atom stereocenters. The topological polar surface area (TPSA) is 50.2 Å². The highest BCUT2D eigenvalue weighted by atomic mass is 35.5. The molecule has 5 nitrogen and oxygen atoms in total. The second kappa shape index (κ2) is 7.57. The van der Waals surface area contributed by atoms with E-state index >= 15 is 0 Å². The first-order chi connectivity index (χ1) is 10.7. The average molecular weight is 339 g/mol. The molecule has 0 aliphatic carbocycles. The zero-order chi connectivity index (χ0) is 15.5. The van der Waals surface area contributed by atoms with Crippen molar-refractivity contribution < 1.29 is 9.18 Å². The van der Waals surface area contributed by atoms with Crippen molar-refractivity contribution in [3.8, 4) is 5.69 Å². The van der Waals surface area contributed by atoms with E-state index in [1.54, 1.807) is 25.1 Å². The summed E-state index contributed by atoms with van der Waals surface area (Å²) < 4.78 is 15.4. The molecular formula is C16H20ClFN4O. The van der Waals surface area contributed by atoms with E-state index in [0.29, 0.717) is 23.5 Å². The number of para-hydroxylation sites is 1. The summed E-state index contributed by atoms with van der Waals surface area (Å²) in [5.41, 5.74) is 1.55. The van der Waals surface area contributed by atoms with Crippen molar-refractivity contribution in [2.75, 3.05) is 26.2 Å². The molecule has 0 saturated carbocycles. The highest BCUT2D eigenvalue weighted by Gasteiger charge is 2.22. The maximum Gasteiger partial charge on any atom is 0.257 e. The van der Waals surface area contributed by atoms with Gasteiger partial charge in [0, 0.05) is 19.6 Å². The molecule has 1 aromatic carbocycles. The van der Waals surface area contributed by atoms with E-state index in [9.17, 15) is 9.18 Å². The van der Waals surface area contributed by atoms with E-state index in [1.807, 2.05) is 4.90 Å². The molecule has 1 aliphatic heterocycles. The maximum atomic E-state index is 13.9. The number of carbonyl (C=O) groups is 1. The van der Waals surface area contributed by atoms with Crippen LogP contribution in [0.5, 0.6) is 0 Å². The van der Waals surface area contributed by atoms with Gasteiger partial charge in [-0.15, -0.1) is 12.4 Å². The van der Waals surface area contributed by atoms with Crippen LogP contribution in [-0.2, 0) is 0 Å². The van der Waals surface area contributed by atoms with Crippen molar-refractivity contribution in [1.29, 1.82) is 0 Å². The van der Waals surface area contributed by atoms with Crippen LogP contribution in [0, 0.1) is 12.7 Å². The largest absolute Gasteiger partial charge is 0.337 e. The second-order valence-electron chi connectivity index (χ2n) is 5.40. The highest BCUT2D eigenvalue weighted by Crippen LogP contribution is 2.18. The molecule has 3 rings (SSSR count). The number of benzene rings is 1. The van der Waals surface area contributed by atoms with Gasteiger partial charge in [-0.3, -0.25) is 4.79 Å². The number of rotatable bonds is 2. The van der Waals surface area contributed by atoms with Gasteiger partial charge in [0.2, 0.25) is 0 Å². The predicted molar refractivity (Wildman–Crippen MR) is 88.9 cm³/mol. The van der Waals surface area contributed by atoms with Crippen molar-refractivity contribution in [3.63, 3.8) is 0 Å². The monoisotopic (exact) mass is 338 g/mol. The Hall–Kier alpha value is -1.92. The van der Waals surface area contributed by atoms with Crippen molar-refractivity contribution in [3.05, 3.63) is 47.5 Å². The number of nitrogens with zero attached hydrogens (tertiary/aromatic N) is 3. The number of amides is 1. The molecular weight excluding hydrogens is 319 g/mol. The molecule has 1 aliphatic rings. The van der Waals surface area contributed by atoms with E-state index in [0.717, 1.165) is 26.1 Å². The lowest BCUT2D eigenvalue weighted by Gasteiger charge is -2.19. The standard InChI is InChI=1S/C16H19FN4O.ClH/c1-12-13(16(22)20-9-4-7-18-8-10-20)11-19-21(12)15-6-3-2-5-14(15)17;/h2-3,5-6,11,18H,4,7-10H2,1H3;1H. The molecule has 2 heterocycles. The summed E-state index contributed by atoms with van der Waals surface area (Å²) in [6, 6.07) is 6.42. The molecule has 0 atom stereocenters. The second-order valence-corrected chi connectivity index (χ2v) is 5.40. The van der Waals surface area contributed by atoms with Crippen LogP contribution in [0.15, 0.2) is 30.5 Å². The first-order valence-electron chi connectivity index (χ1n) is 7.48. The minimum atomic E-state index is -0.355. The number of halogens is 2. The highest BCUT2D eigenvalue weighted by molar-refractivity contribution is 5.95.